The molecular formula is C12H18N2O3. The minimum Gasteiger partial charge on any atom is -0.378 e. The van der Waals surface area contributed by atoms with Crippen LogP contribution in [-0.4, -0.2) is 31.2 Å². The van der Waals surface area contributed by atoms with Crippen molar-refractivity contribution < 1.29 is 9.66 Å². The Balaban J connectivity index is 0.000000686. The van der Waals surface area contributed by atoms with Gasteiger partial charge in [-0.15, -0.1) is 0 Å². The summed E-state index contributed by atoms with van der Waals surface area (Å²) < 4.78 is 5.22. The molecule has 0 bridgehead atoms. The van der Waals surface area contributed by atoms with Gasteiger partial charge in [0.15, 0.2) is 0 Å². The molecule has 1 aliphatic heterocycles. The molecule has 0 aliphatic carbocycles. The second-order valence-corrected chi connectivity index (χ2v) is 3.38. The number of non-ortho nitro benzene ring substituents is 1. The van der Waals surface area contributed by atoms with Crippen LogP contribution >= 0.6 is 0 Å². The molecular weight excluding hydrogens is 220 g/mol. The highest BCUT2D eigenvalue weighted by Gasteiger charge is 2.13. The molecule has 2 rings (SSSR count). The highest BCUT2D eigenvalue weighted by atomic mass is 16.6. The molecule has 5 heteroatoms. The zero-order chi connectivity index (χ0) is 12.7. The molecule has 0 amide bonds. The van der Waals surface area contributed by atoms with Crippen molar-refractivity contribution in [3.05, 3.63) is 34.4 Å². The van der Waals surface area contributed by atoms with Crippen molar-refractivity contribution in [2.45, 2.75) is 13.8 Å². The third kappa shape index (κ3) is 3.71. The second kappa shape index (κ2) is 6.85. The van der Waals surface area contributed by atoms with Gasteiger partial charge in [-0.05, 0) is 6.07 Å². The summed E-state index contributed by atoms with van der Waals surface area (Å²) in [5.41, 5.74) is 1.03. The maximum atomic E-state index is 10.6. The van der Waals surface area contributed by atoms with E-state index in [0.717, 1.165) is 18.8 Å². The topological polar surface area (TPSA) is 55.6 Å². The van der Waals surface area contributed by atoms with Crippen LogP contribution in [0.15, 0.2) is 24.3 Å². The zero-order valence-electron chi connectivity index (χ0n) is 10.3. The Morgan fingerprint density at radius 2 is 1.94 bits per heavy atom. The van der Waals surface area contributed by atoms with Gasteiger partial charge in [0.1, 0.15) is 0 Å². The summed E-state index contributed by atoms with van der Waals surface area (Å²) in [5, 5.41) is 10.6. The lowest BCUT2D eigenvalue weighted by Gasteiger charge is -2.28. The molecule has 1 heterocycles. The van der Waals surface area contributed by atoms with Crippen LogP contribution in [0.25, 0.3) is 0 Å². The highest BCUT2D eigenvalue weighted by Crippen LogP contribution is 2.21. The fourth-order valence-electron chi connectivity index (χ4n) is 1.62. The summed E-state index contributed by atoms with van der Waals surface area (Å²) in [6.45, 7) is 6.95. The molecule has 5 nitrogen and oxygen atoms in total. The smallest absolute Gasteiger partial charge is 0.271 e. The molecule has 0 atom stereocenters. The van der Waals surface area contributed by atoms with Crippen LogP contribution in [-0.2, 0) is 4.74 Å². The van der Waals surface area contributed by atoms with E-state index in [1.54, 1.807) is 12.1 Å². The summed E-state index contributed by atoms with van der Waals surface area (Å²) >= 11 is 0. The van der Waals surface area contributed by atoms with Crippen molar-refractivity contribution in [2.75, 3.05) is 31.2 Å². The lowest BCUT2D eigenvalue weighted by atomic mass is 10.2. The van der Waals surface area contributed by atoms with E-state index < -0.39 is 0 Å². The zero-order valence-corrected chi connectivity index (χ0v) is 10.3. The lowest BCUT2D eigenvalue weighted by molar-refractivity contribution is -0.384. The number of morpholine rings is 1. The van der Waals surface area contributed by atoms with Gasteiger partial charge < -0.3 is 9.64 Å². The predicted molar refractivity (Wildman–Crippen MR) is 67.5 cm³/mol. The number of nitro groups is 1. The summed E-state index contributed by atoms with van der Waals surface area (Å²) in [6, 6.07) is 6.70. The first-order valence-corrected chi connectivity index (χ1v) is 5.84. The number of anilines is 1. The SMILES string of the molecule is CC.O=[N+]([O-])c1cccc(N2CCOCC2)c1. The maximum absolute atomic E-state index is 10.6. The molecule has 1 aliphatic rings. The van der Waals surface area contributed by atoms with Crippen LogP contribution in [0.2, 0.25) is 0 Å². The molecule has 0 radical (unpaired) electrons. The van der Waals surface area contributed by atoms with E-state index in [-0.39, 0.29) is 10.6 Å². The monoisotopic (exact) mass is 238 g/mol. The first-order chi connectivity index (χ1) is 8.27. The quantitative estimate of drug-likeness (QED) is 0.586. The van der Waals surface area contributed by atoms with Gasteiger partial charge in [-0.3, -0.25) is 10.1 Å². The third-order valence-electron chi connectivity index (χ3n) is 2.42. The number of ether oxygens (including phenoxy) is 1. The van der Waals surface area contributed by atoms with E-state index in [1.165, 1.54) is 6.07 Å². The summed E-state index contributed by atoms with van der Waals surface area (Å²) in [4.78, 5) is 12.3. The summed E-state index contributed by atoms with van der Waals surface area (Å²) in [6.07, 6.45) is 0. The van der Waals surface area contributed by atoms with Crippen LogP contribution in [0.3, 0.4) is 0 Å². The fourth-order valence-corrected chi connectivity index (χ4v) is 1.62. The van der Waals surface area contributed by atoms with Gasteiger partial charge in [-0.2, -0.15) is 0 Å². The Hall–Kier alpha value is -1.62. The van der Waals surface area contributed by atoms with Gasteiger partial charge in [0.05, 0.1) is 18.1 Å². The van der Waals surface area contributed by atoms with Crippen LogP contribution in [0.1, 0.15) is 13.8 Å². The van der Waals surface area contributed by atoms with Gasteiger partial charge in [-0.1, -0.05) is 19.9 Å². The first-order valence-electron chi connectivity index (χ1n) is 5.84. The average molecular weight is 238 g/mol. The minimum atomic E-state index is -0.371. The number of nitrogens with zero attached hydrogens (tertiary/aromatic N) is 2. The summed E-state index contributed by atoms with van der Waals surface area (Å²) in [5.74, 6) is 0. The Morgan fingerprint density at radius 3 is 2.53 bits per heavy atom. The Morgan fingerprint density at radius 1 is 1.29 bits per heavy atom. The highest BCUT2D eigenvalue weighted by molar-refractivity contribution is 5.53. The van der Waals surface area contributed by atoms with E-state index in [2.05, 4.69) is 4.90 Å². The molecule has 1 fully saturated rings. The van der Waals surface area contributed by atoms with Crippen molar-refractivity contribution >= 4 is 11.4 Å². The molecule has 1 aromatic carbocycles. The van der Waals surface area contributed by atoms with Gasteiger partial charge in [0.2, 0.25) is 0 Å². The van der Waals surface area contributed by atoms with E-state index >= 15 is 0 Å². The van der Waals surface area contributed by atoms with E-state index in [0.29, 0.717) is 13.2 Å². The molecule has 0 spiro atoms. The van der Waals surface area contributed by atoms with Crippen molar-refractivity contribution in [2.24, 2.45) is 0 Å². The van der Waals surface area contributed by atoms with Crippen molar-refractivity contribution in [1.29, 1.82) is 0 Å². The van der Waals surface area contributed by atoms with Crippen molar-refractivity contribution in [1.82, 2.24) is 0 Å². The van der Waals surface area contributed by atoms with Crippen LogP contribution in [0.4, 0.5) is 11.4 Å². The minimum absolute atomic E-state index is 0.138. The second-order valence-electron chi connectivity index (χ2n) is 3.38. The molecule has 0 saturated carbocycles. The molecule has 0 unspecified atom stereocenters. The van der Waals surface area contributed by atoms with Gasteiger partial charge in [0.25, 0.3) is 5.69 Å². The van der Waals surface area contributed by atoms with Crippen LogP contribution < -0.4 is 4.90 Å². The molecule has 0 aromatic heterocycles. The lowest BCUT2D eigenvalue weighted by Crippen LogP contribution is -2.36. The standard InChI is InChI=1S/C10H12N2O3.C2H6/c13-12(14)10-3-1-2-9(8-10)11-4-6-15-7-5-11;1-2/h1-3,8H,4-7H2;1-2H3. The Bertz CT molecular complexity index is 363. The number of benzene rings is 1. The summed E-state index contributed by atoms with van der Waals surface area (Å²) in [7, 11) is 0. The normalized spacial score (nSPS) is 14.8. The van der Waals surface area contributed by atoms with E-state index in [9.17, 15) is 10.1 Å². The van der Waals surface area contributed by atoms with Gasteiger partial charge in [0, 0.05) is 30.9 Å². The Kier molecular flexibility index (Phi) is 5.42. The van der Waals surface area contributed by atoms with Gasteiger partial charge in [-0.25, -0.2) is 0 Å². The van der Waals surface area contributed by atoms with Crippen molar-refractivity contribution in [3.63, 3.8) is 0 Å². The van der Waals surface area contributed by atoms with Gasteiger partial charge >= 0.3 is 0 Å². The van der Waals surface area contributed by atoms with Crippen LogP contribution in [0, 0.1) is 10.1 Å². The first kappa shape index (κ1) is 13.4. The number of hydrogen-bond donors (Lipinski definition) is 0. The Labute approximate surface area is 101 Å². The molecule has 17 heavy (non-hydrogen) atoms. The largest absolute Gasteiger partial charge is 0.378 e. The van der Waals surface area contributed by atoms with Crippen molar-refractivity contribution in [3.8, 4) is 0 Å². The molecule has 1 saturated heterocycles. The van der Waals surface area contributed by atoms with Crippen LogP contribution in [0.5, 0.6) is 0 Å². The number of nitro benzene ring substituents is 1. The number of hydrogen-bond acceptors (Lipinski definition) is 4. The maximum Gasteiger partial charge on any atom is 0.271 e. The van der Waals surface area contributed by atoms with E-state index in [1.807, 2.05) is 19.9 Å². The van der Waals surface area contributed by atoms with E-state index in [4.69, 9.17) is 4.74 Å². The number of rotatable bonds is 2. The predicted octanol–water partition coefficient (Wildman–Crippen LogP) is 2.46. The molecule has 0 N–H and O–H groups in total. The average Bonchev–Trinajstić information content (AvgIpc) is 2.42. The third-order valence-corrected chi connectivity index (χ3v) is 2.42. The molecule has 1 aromatic rings. The molecule has 94 valence electrons. The fraction of sp³-hybridized carbons (Fsp3) is 0.500.